The molecule has 4 heteroatoms. The molecule has 0 spiro atoms. The second-order valence-electron chi connectivity index (χ2n) is 3.58. The summed E-state index contributed by atoms with van der Waals surface area (Å²) in [7, 11) is 0. The summed E-state index contributed by atoms with van der Waals surface area (Å²) >= 11 is 0. The van der Waals surface area contributed by atoms with E-state index in [1.807, 2.05) is 4.90 Å². The first-order valence-corrected chi connectivity index (χ1v) is 4.90. The summed E-state index contributed by atoms with van der Waals surface area (Å²) in [5, 5.41) is 11.5. The highest BCUT2D eigenvalue weighted by molar-refractivity contribution is 5.74. The molecule has 0 bridgehead atoms. The van der Waals surface area contributed by atoms with Crippen molar-refractivity contribution in [1.29, 1.82) is 0 Å². The molecule has 1 aliphatic heterocycles. The van der Waals surface area contributed by atoms with Gasteiger partial charge in [0.05, 0.1) is 12.6 Å². The molecule has 1 fully saturated rings. The number of aliphatic hydroxyl groups is 1. The Balaban J connectivity index is 2.29. The van der Waals surface area contributed by atoms with E-state index in [-0.39, 0.29) is 18.7 Å². The SMILES string of the molecule is CC(CO)NC(=O)N1CCCCC1. The maximum atomic E-state index is 11.5. The number of aliphatic hydroxyl groups excluding tert-OH is 1. The van der Waals surface area contributed by atoms with Gasteiger partial charge in [0.1, 0.15) is 0 Å². The van der Waals surface area contributed by atoms with Crippen molar-refractivity contribution >= 4 is 6.03 Å². The van der Waals surface area contributed by atoms with Crippen LogP contribution < -0.4 is 5.32 Å². The molecule has 0 saturated carbocycles. The van der Waals surface area contributed by atoms with E-state index in [2.05, 4.69) is 5.32 Å². The van der Waals surface area contributed by atoms with Crippen LogP contribution in [0.15, 0.2) is 0 Å². The van der Waals surface area contributed by atoms with E-state index in [0.29, 0.717) is 0 Å². The van der Waals surface area contributed by atoms with Gasteiger partial charge in [0.15, 0.2) is 0 Å². The zero-order chi connectivity index (χ0) is 9.68. The average Bonchev–Trinajstić information content (AvgIpc) is 2.19. The molecule has 76 valence electrons. The number of urea groups is 1. The molecule has 0 aromatic rings. The van der Waals surface area contributed by atoms with Crippen LogP contribution in [-0.4, -0.2) is 41.8 Å². The van der Waals surface area contributed by atoms with E-state index in [4.69, 9.17) is 5.11 Å². The molecule has 0 aromatic carbocycles. The van der Waals surface area contributed by atoms with Gasteiger partial charge in [-0.05, 0) is 26.2 Å². The van der Waals surface area contributed by atoms with Crippen LogP contribution in [-0.2, 0) is 0 Å². The Bertz CT molecular complexity index is 167. The lowest BCUT2D eigenvalue weighted by atomic mass is 10.1. The lowest BCUT2D eigenvalue weighted by Crippen LogP contribution is -2.46. The van der Waals surface area contributed by atoms with E-state index in [0.717, 1.165) is 25.9 Å². The second kappa shape index (κ2) is 5.07. The molecule has 1 aliphatic rings. The number of carbonyl (C=O) groups excluding carboxylic acids is 1. The first kappa shape index (κ1) is 10.3. The molecule has 1 heterocycles. The first-order chi connectivity index (χ1) is 6.24. The van der Waals surface area contributed by atoms with E-state index < -0.39 is 0 Å². The number of piperidine rings is 1. The normalized spacial score (nSPS) is 19.7. The molecule has 0 radical (unpaired) electrons. The summed E-state index contributed by atoms with van der Waals surface area (Å²) < 4.78 is 0. The Morgan fingerprint density at radius 3 is 2.62 bits per heavy atom. The quantitative estimate of drug-likeness (QED) is 0.662. The van der Waals surface area contributed by atoms with Crippen LogP contribution in [0, 0.1) is 0 Å². The molecule has 1 atom stereocenters. The third-order valence-electron chi connectivity index (χ3n) is 2.29. The summed E-state index contributed by atoms with van der Waals surface area (Å²) in [6.07, 6.45) is 3.42. The highest BCUT2D eigenvalue weighted by Gasteiger charge is 2.17. The maximum absolute atomic E-state index is 11.5. The molecule has 2 amide bonds. The Hall–Kier alpha value is -0.770. The van der Waals surface area contributed by atoms with Crippen molar-refractivity contribution in [2.75, 3.05) is 19.7 Å². The van der Waals surface area contributed by atoms with Gasteiger partial charge in [-0.2, -0.15) is 0 Å². The summed E-state index contributed by atoms with van der Waals surface area (Å²) in [4.78, 5) is 13.3. The molecular weight excluding hydrogens is 168 g/mol. The van der Waals surface area contributed by atoms with Gasteiger partial charge in [-0.1, -0.05) is 0 Å². The van der Waals surface area contributed by atoms with Crippen molar-refractivity contribution in [1.82, 2.24) is 10.2 Å². The molecule has 0 aliphatic carbocycles. The lowest BCUT2D eigenvalue weighted by molar-refractivity contribution is 0.174. The third kappa shape index (κ3) is 3.22. The van der Waals surface area contributed by atoms with Crippen molar-refractivity contribution in [3.63, 3.8) is 0 Å². The van der Waals surface area contributed by atoms with E-state index in [1.165, 1.54) is 6.42 Å². The minimum Gasteiger partial charge on any atom is -0.394 e. The average molecular weight is 186 g/mol. The summed E-state index contributed by atoms with van der Waals surface area (Å²) in [6, 6.07) is -0.185. The van der Waals surface area contributed by atoms with Gasteiger partial charge < -0.3 is 15.3 Å². The summed E-state index contributed by atoms with van der Waals surface area (Å²) in [5.41, 5.74) is 0. The van der Waals surface area contributed by atoms with Gasteiger partial charge in [-0.25, -0.2) is 4.79 Å². The fourth-order valence-corrected chi connectivity index (χ4v) is 1.44. The van der Waals surface area contributed by atoms with E-state index >= 15 is 0 Å². The number of nitrogens with one attached hydrogen (secondary N) is 1. The minimum atomic E-state index is -0.144. The molecule has 4 nitrogen and oxygen atoms in total. The Morgan fingerprint density at radius 1 is 1.46 bits per heavy atom. The minimum absolute atomic E-state index is 0.000417. The lowest BCUT2D eigenvalue weighted by Gasteiger charge is -2.28. The van der Waals surface area contributed by atoms with E-state index in [9.17, 15) is 4.79 Å². The predicted molar refractivity (Wildman–Crippen MR) is 50.5 cm³/mol. The second-order valence-corrected chi connectivity index (χ2v) is 3.58. The molecule has 0 aromatic heterocycles. The Labute approximate surface area is 78.9 Å². The molecule has 1 unspecified atom stereocenters. The number of likely N-dealkylation sites (tertiary alicyclic amines) is 1. The topological polar surface area (TPSA) is 52.6 Å². The summed E-state index contributed by atoms with van der Waals surface area (Å²) in [5.74, 6) is 0. The van der Waals surface area contributed by atoms with Crippen molar-refractivity contribution in [2.24, 2.45) is 0 Å². The van der Waals surface area contributed by atoms with Crippen LogP contribution in [0.1, 0.15) is 26.2 Å². The van der Waals surface area contributed by atoms with Crippen LogP contribution in [0.25, 0.3) is 0 Å². The van der Waals surface area contributed by atoms with E-state index in [1.54, 1.807) is 6.92 Å². The zero-order valence-corrected chi connectivity index (χ0v) is 8.12. The van der Waals surface area contributed by atoms with Crippen LogP contribution in [0.5, 0.6) is 0 Å². The van der Waals surface area contributed by atoms with Gasteiger partial charge in [0.2, 0.25) is 0 Å². The largest absolute Gasteiger partial charge is 0.394 e. The van der Waals surface area contributed by atoms with Crippen LogP contribution in [0.4, 0.5) is 4.79 Å². The number of nitrogens with zero attached hydrogens (tertiary/aromatic N) is 1. The number of amides is 2. The standard InChI is InChI=1S/C9H18N2O2/c1-8(7-12)10-9(13)11-5-3-2-4-6-11/h8,12H,2-7H2,1H3,(H,10,13). The first-order valence-electron chi connectivity index (χ1n) is 4.90. The van der Waals surface area contributed by atoms with Gasteiger partial charge in [0, 0.05) is 13.1 Å². The van der Waals surface area contributed by atoms with Gasteiger partial charge >= 0.3 is 6.03 Å². The van der Waals surface area contributed by atoms with Gasteiger partial charge in [0.25, 0.3) is 0 Å². The zero-order valence-electron chi connectivity index (χ0n) is 8.12. The van der Waals surface area contributed by atoms with Crippen molar-refractivity contribution in [3.05, 3.63) is 0 Å². The van der Waals surface area contributed by atoms with Gasteiger partial charge in [-0.15, -0.1) is 0 Å². The maximum Gasteiger partial charge on any atom is 0.317 e. The summed E-state index contributed by atoms with van der Waals surface area (Å²) in [6.45, 7) is 3.50. The fraction of sp³-hybridized carbons (Fsp3) is 0.889. The number of hydrogen-bond acceptors (Lipinski definition) is 2. The molecular formula is C9H18N2O2. The highest BCUT2D eigenvalue weighted by atomic mass is 16.3. The molecule has 13 heavy (non-hydrogen) atoms. The monoisotopic (exact) mass is 186 g/mol. The molecule has 2 N–H and O–H groups in total. The fourth-order valence-electron chi connectivity index (χ4n) is 1.44. The van der Waals surface area contributed by atoms with Crippen molar-refractivity contribution < 1.29 is 9.90 Å². The molecule has 1 saturated heterocycles. The smallest absolute Gasteiger partial charge is 0.317 e. The number of rotatable bonds is 2. The van der Waals surface area contributed by atoms with Crippen molar-refractivity contribution in [2.45, 2.75) is 32.2 Å². The molecule has 1 rings (SSSR count). The highest BCUT2D eigenvalue weighted by Crippen LogP contribution is 2.08. The number of carbonyl (C=O) groups is 1. The predicted octanol–water partition coefficient (Wildman–Crippen LogP) is 0.563. The van der Waals surface area contributed by atoms with Crippen molar-refractivity contribution in [3.8, 4) is 0 Å². The van der Waals surface area contributed by atoms with Crippen LogP contribution in [0.3, 0.4) is 0 Å². The van der Waals surface area contributed by atoms with Crippen LogP contribution >= 0.6 is 0 Å². The Kier molecular flexibility index (Phi) is 4.02. The van der Waals surface area contributed by atoms with Gasteiger partial charge in [-0.3, -0.25) is 0 Å². The Morgan fingerprint density at radius 2 is 2.08 bits per heavy atom. The number of hydrogen-bond donors (Lipinski definition) is 2. The third-order valence-corrected chi connectivity index (χ3v) is 2.29. The van der Waals surface area contributed by atoms with Crippen LogP contribution in [0.2, 0.25) is 0 Å².